The molecule has 2 rings (SSSR count). The fourth-order valence-electron chi connectivity index (χ4n) is 1.53. The molecule has 2 aromatic heterocycles. The zero-order valence-corrected chi connectivity index (χ0v) is 8.84. The highest BCUT2D eigenvalue weighted by Crippen LogP contribution is 2.02. The Labute approximate surface area is 87.8 Å². The first-order chi connectivity index (χ1) is 7.16. The number of rotatable bonds is 2. The van der Waals surface area contributed by atoms with Crippen molar-refractivity contribution in [2.45, 2.75) is 13.5 Å². The maximum atomic E-state index is 11.6. The van der Waals surface area contributed by atoms with Gasteiger partial charge in [-0.1, -0.05) is 6.07 Å². The van der Waals surface area contributed by atoms with E-state index in [0.29, 0.717) is 6.54 Å². The molecule has 0 atom stereocenters. The summed E-state index contributed by atoms with van der Waals surface area (Å²) in [6.45, 7) is 2.57. The van der Waals surface area contributed by atoms with Crippen molar-refractivity contribution in [3.63, 3.8) is 0 Å². The molecule has 15 heavy (non-hydrogen) atoms. The summed E-state index contributed by atoms with van der Waals surface area (Å²) in [4.78, 5) is 15.7. The molecule has 0 N–H and O–H groups in total. The molecule has 0 radical (unpaired) electrons. The van der Waals surface area contributed by atoms with Crippen LogP contribution >= 0.6 is 0 Å². The van der Waals surface area contributed by atoms with E-state index in [9.17, 15) is 4.79 Å². The van der Waals surface area contributed by atoms with Gasteiger partial charge in [0, 0.05) is 31.8 Å². The Bertz CT molecular complexity index is 525. The zero-order valence-electron chi connectivity index (χ0n) is 8.84. The van der Waals surface area contributed by atoms with Gasteiger partial charge in [-0.15, -0.1) is 0 Å². The second-order valence-electron chi connectivity index (χ2n) is 3.69. The van der Waals surface area contributed by atoms with Crippen molar-refractivity contribution in [1.82, 2.24) is 14.1 Å². The Hall–Kier alpha value is -1.84. The minimum Gasteiger partial charge on any atom is -0.302 e. The molecule has 0 aliphatic carbocycles. The van der Waals surface area contributed by atoms with Crippen molar-refractivity contribution in [1.29, 1.82) is 0 Å². The first kappa shape index (κ1) is 9.71. The molecule has 2 aromatic rings. The van der Waals surface area contributed by atoms with E-state index in [1.54, 1.807) is 41.0 Å². The molecule has 0 spiro atoms. The van der Waals surface area contributed by atoms with Gasteiger partial charge in [0.2, 0.25) is 0 Å². The first-order valence-corrected chi connectivity index (χ1v) is 4.79. The summed E-state index contributed by atoms with van der Waals surface area (Å²) in [6.07, 6.45) is 7.12. The molecule has 0 aliphatic rings. The second kappa shape index (κ2) is 3.73. The minimum atomic E-state index is -0.00324. The van der Waals surface area contributed by atoms with Gasteiger partial charge in [-0.2, -0.15) is 0 Å². The fraction of sp³-hybridized carbons (Fsp3) is 0.273. The number of aromatic nitrogens is 3. The molecule has 2 heterocycles. The van der Waals surface area contributed by atoms with Crippen LogP contribution in [0.1, 0.15) is 11.1 Å². The van der Waals surface area contributed by atoms with Crippen LogP contribution in [0, 0.1) is 6.92 Å². The van der Waals surface area contributed by atoms with Crippen molar-refractivity contribution in [2.24, 2.45) is 7.05 Å². The van der Waals surface area contributed by atoms with E-state index >= 15 is 0 Å². The van der Waals surface area contributed by atoms with Crippen LogP contribution in [0.3, 0.4) is 0 Å². The maximum Gasteiger partial charge on any atom is 0.328 e. The third-order valence-corrected chi connectivity index (χ3v) is 2.30. The Balaban J connectivity index is 2.30. The van der Waals surface area contributed by atoms with E-state index in [0.717, 1.165) is 11.1 Å². The van der Waals surface area contributed by atoms with E-state index in [1.807, 2.05) is 13.0 Å². The number of nitrogens with zero attached hydrogens (tertiary/aromatic N) is 3. The van der Waals surface area contributed by atoms with Gasteiger partial charge in [-0.25, -0.2) is 4.79 Å². The van der Waals surface area contributed by atoms with Gasteiger partial charge in [-0.05, 0) is 18.1 Å². The van der Waals surface area contributed by atoms with E-state index in [-0.39, 0.29) is 5.69 Å². The largest absolute Gasteiger partial charge is 0.328 e. The lowest BCUT2D eigenvalue weighted by Gasteiger charge is -2.01. The normalized spacial score (nSPS) is 10.5. The lowest BCUT2D eigenvalue weighted by atomic mass is 10.2. The van der Waals surface area contributed by atoms with E-state index in [2.05, 4.69) is 4.98 Å². The third-order valence-electron chi connectivity index (χ3n) is 2.30. The van der Waals surface area contributed by atoms with E-state index < -0.39 is 0 Å². The first-order valence-electron chi connectivity index (χ1n) is 4.79. The number of hydrogen-bond acceptors (Lipinski definition) is 2. The summed E-state index contributed by atoms with van der Waals surface area (Å²) in [7, 11) is 1.74. The molecule has 0 saturated heterocycles. The van der Waals surface area contributed by atoms with Crippen LogP contribution in [0.2, 0.25) is 0 Å². The van der Waals surface area contributed by atoms with Crippen LogP contribution in [0.5, 0.6) is 0 Å². The highest BCUT2D eigenvalue weighted by Gasteiger charge is 2.01. The van der Waals surface area contributed by atoms with Gasteiger partial charge in [0.25, 0.3) is 0 Å². The van der Waals surface area contributed by atoms with Crippen LogP contribution < -0.4 is 5.69 Å². The number of aryl methyl sites for hydroxylation is 2. The fourth-order valence-corrected chi connectivity index (χ4v) is 1.53. The third kappa shape index (κ3) is 1.98. The van der Waals surface area contributed by atoms with Crippen molar-refractivity contribution in [3.8, 4) is 0 Å². The van der Waals surface area contributed by atoms with Crippen LogP contribution in [0.25, 0.3) is 0 Å². The van der Waals surface area contributed by atoms with Crippen LogP contribution in [-0.4, -0.2) is 14.1 Å². The minimum absolute atomic E-state index is 0.00324. The van der Waals surface area contributed by atoms with E-state index in [4.69, 9.17) is 0 Å². The molecule has 0 unspecified atom stereocenters. The zero-order chi connectivity index (χ0) is 10.8. The average Bonchev–Trinajstić information content (AvgIpc) is 2.50. The van der Waals surface area contributed by atoms with Gasteiger partial charge >= 0.3 is 5.69 Å². The van der Waals surface area contributed by atoms with Crippen molar-refractivity contribution in [3.05, 3.63) is 52.5 Å². The van der Waals surface area contributed by atoms with Gasteiger partial charge < -0.3 is 4.57 Å². The summed E-state index contributed by atoms with van der Waals surface area (Å²) < 4.78 is 3.22. The van der Waals surface area contributed by atoms with E-state index in [1.165, 1.54) is 0 Å². The standard InChI is InChI=1S/C11H13N3O/c1-9-5-10(7-12-6-9)8-14-4-3-13(2)11(14)15/h3-7H,8H2,1-2H3. The highest BCUT2D eigenvalue weighted by molar-refractivity contribution is 5.16. The highest BCUT2D eigenvalue weighted by atomic mass is 16.1. The lowest BCUT2D eigenvalue weighted by Crippen LogP contribution is -2.22. The number of hydrogen-bond donors (Lipinski definition) is 0. The summed E-state index contributed by atoms with van der Waals surface area (Å²) in [5.41, 5.74) is 2.15. The summed E-state index contributed by atoms with van der Waals surface area (Å²) in [5, 5.41) is 0. The topological polar surface area (TPSA) is 39.8 Å². The molecule has 0 aromatic carbocycles. The van der Waals surface area contributed by atoms with Gasteiger partial charge in [0.15, 0.2) is 0 Å². The molecule has 0 fully saturated rings. The predicted molar refractivity (Wildman–Crippen MR) is 57.7 cm³/mol. The monoisotopic (exact) mass is 203 g/mol. The molecule has 0 amide bonds. The molecule has 78 valence electrons. The summed E-state index contributed by atoms with van der Waals surface area (Å²) in [6, 6.07) is 2.03. The van der Waals surface area contributed by atoms with Crippen molar-refractivity contribution < 1.29 is 0 Å². The lowest BCUT2D eigenvalue weighted by molar-refractivity contribution is 0.715. The van der Waals surface area contributed by atoms with Gasteiger partial charge in [0.05, 0.1) is 6.54 Å². The van der Waals surface area contributed by atoms with Crippen LogP contribution in [0.15, 0.2) is 35.6 Å². The average molecular weight is 203 g/mol. The van der Waals surface area contributed by atoms with Crippen LogP contribution in [-0.2, 0) is 13.6 Å². The molecular formula is C11H13N3O. The van der Waals surface area contributed by atoms with Crippen LogP contribution in [0.4, 0.5) is 0 Å². The molecule has 0 bridgehead atoms. The molecule has 4 heteroatoms. The van der Waals surface area contributed by atoms with Crippen molar-refractivity contribution in [2.75, 3.05) is 0 Å². The second-order valence-corrected chi connectivity index (χ2v) is 3.69. The predicted octanol–water partition coefficient (Wildman–Crippen LogP) is 0.939. The molecule has 0 aliphatic heterocycles. The molecule has 4 nitrogen and oxygen atoms in total. The SMILES string of the molecule is Cc1cncc(Cn2ccn(C)c2=O)c1. The Morgan fingerprint density at radius 2 is 2.13 bits per heavy atom. The Morgan fingerprint density at radius 3 is 2.73 bits per heavy atom. The maximum absolute atomic E-state index is 11.6. The Kier molecular flexibility index (Phi) is 2.41. The quantitative estimate of drug-likeness (QED) is 0.728. The number of pyridine rings is 1. The smallest absolute Gasteiger partial charge is 0.302 e. The van der Waals surface area contributed by atoms with Crippen molar-refractivity contribution >= 4 is 0 Å². The van der Waals surface area contributed by atoms with Gasteiger partial charge in [0.1, 0.15) is 0 Å². The molecule has 0 saturated carbocycles. The summed E-state index contributed by atoms with van der Waals surface area (Å²) >= 11 is 0. The summed E-state index contributed by atoms with van der Waals surface area (Å²) in [5.74, 6) is 0. The van der Waals surface area contributed by atoms with Gasteiger partial charge in [-0.3, -0.25) is 9.55 Å². The molecular weight excluding hydrogens is 190 g/mol. The Morgan fingerprint density at radius 1 is 1.33 bits per heavy atom. The number of imidazole rings is 1.